The lowest BCUT2D eigenvalue weighted by Crippen LogP contribution is -2.37. The van der Waals surface area contributed by atoms with Crippen molar-refractivity contribution in [2.75, 3.05) is 39.7 Å². The molecule has 0 aliphatic rings. The summed E-state index contributed by atoms with van der Waals surface area (Å²) in [7, 11) is 4.43. The number of hydrogen-bond donors (Lipinski definition) is 1. The van der Waals surface area contributed by atoms with Crippen molar-refractivity contribution < 1.29 is 23.8 Å². The first-order valence-corrected chi connectivity index (χ1v) is 8.62. The fraction of sp³-hybridized carbons (Fsp3) is 0.353. The number of thiazole rings is 1. The minimum atomic E-state index is -0.429. The predicted molar refractivity (Wildman–Crippen MR) is 97.6 cm³/mol. The number of aromatic nitrogens is 1. The third kappa shape index (κ3) is 6.01. The highest BCUT2D eigenvalue weighted by atomic mass is 32.1. The maximum absolute atomic E-state index is 12.2. The van der Waals surface area contributed by atoms with E-state index in [1.807, 2.05) is 12.1 Å². The fourth-order valence-corrected chi connectivity index (χ4v) is 2.82. The number of amides is 1. The molecule has 0 saturated carbocycles. The number of rotatable bonds is 9. The third-order valence-corrected chi connectivity index (χ3v) is 4.13. The van der Waals surface area contributed by atoms with Gasteiger partial charge in [-0.15, -0.1) is 11.3 Å². The minimum absolute atomic E-state index is 0.00814. The van der Waals surface area contributed by atoms with E-state index in [9.17, 15) is 9.59 Å². The van der Waals surface area contributed by atoms with Crippen LogP contribution in [0.2, 0.25) is 0 Å². The molecule has 9 heteroatoms. The van der Waals surface area contributed by atoms with Crippen molar-refractivity contribution in [1.29, 1.82) is 0 Å². The van der Waals surface area contributed by atoms with Crippen LogP contribution in [-0.2, 0) is 20.9 Å². The van der Waals surface area contributed by atoms with Crippen LogP contribution in [0.4, 0.5) is 5.13 Å². The number of esters is 1. The lowest BCUT2D eigenvalue weighted by Gasteiger charge is -2.21. The SMILES string of the molecule is COC(=O)CN(CC(=O)Nc1nccs1)Cc1cc(OC)cc(OC)c1. The Hall–Kier alpha value is -2.65. The van der Waals surface area contributed by atoms with E-state index in [0.717, 1.165) is 5.56 Å². The predicted octanol–water partition coefficient (Wildman–Crippen LogP) is 1.77. The van der Waals surface area contributed by atoms with Gasteiger partial charge in [-0.25, -0.2) is 4.98 Å². The second-order valence-corrected chi connectivity index (χ2v) is 6.22. The van der Waals surface area contributed by atoms with Crippen LogP contribution in [0.25, 0.3) is 0 Å². The van der Waals surface area contributed by atoms with E-state index in [-0.39, 0.29) is 19.0 Å². The number of anilines is 1. The Labute approximate surface area is 155 Å². The molecule has 1 aromatic carbocycles. The zero-order valence-corrected chi connectivity index (χ0v) is 15.7. The van der Waals surface area contributed by atoms with E-state index in [4.69, 9.17) is 14.2 Å². The highest BCUT2D eigenvalue weighted by Crippen LogP contribution is 2.23. The van der Waals surface area contributed by atoms with Gasteiger partial charge in [0.1, 0.15) is 11.5 Å². The monoisotopic (exact) mass is 379 g/mol. The van der Waals surface area contributed by atoms with Crippen LogP contribution in [0.1, 0.15) is 5.56 Å². The summed E-state index contributed by atoms with van der Waals surface area (Å²) in [6, 6.07) is 5.40. The van der Waals surface area contributed by atoms with Crippen LogP contribution < -0.4 is 14.8 Å². The zero-order valence-electron chi connectivity index (χ0n) is 14.9. The normalized spacial score (nSPS) is 10.5. The molecule has 0 saturated heterocycles. The molecular formula is C17H21N3O5S. The molecule has 140 valence electrons. The van der Waals surface area contributed by atoms with Crippen molar-refractivity contribution in [3.05, 3.63) is 35.3 Å². The summed E-state index contributed by atoms with van der Waals surface area (Å²) >= 11 is 1.32. The van der Waals surface area contributed by atoms with Crippen molar-refractivity contribution in [3.63, 3.8) is 0 Å². The van der Waals surface area contributed by atoms with E-state index in [0.29, 0.717) is 23.2 Å². The summed E-state index contributed by atoms with van der Waals surface area (Å²) in [4.78, 5) is 29.6. The zero-order chi connectivity index (χ0) is 18.9. The molecule has 26 heavy (non-hydrogen) atoms. The lowest BCUT2D eigenvalue weighted by atomic mass is 10.2. The molecule has 0 fully saturated rings. The standard InChI is InChI=1S/C17H21N3O5S/c1-23-13-6-12(7-14(8-13)24-2)9-20(11-16(22)25-3)10-15(21)19-17-18-4-5-26-17/h4-8H,9-11H2,1-3H3,(H,18,19,21). The van der Waals surface area contributed by atoms with E-state index in [2.05, 4.69) is 10.3 Å². The van der Waals surface area contributed by atoms with Crippen molar-refractivity contribution in [1.82, 2.24) is 9.88 Å². The summed E-state index contributed by atoms with van der Waals surface area (Å²) in [5, 5.41) is 4.98. The highest BCUT2D eigenvalue weighted by Gasteiger charge is 2.17. The quantitative estimate of drug-likeness (QED) is 0.664. The van der Waals surface area contributed by atoms with E-state index >= 15 is 0 Å². The Bertz CT molecular complexity index is 714. The topological polar surface area (TPSA) is 90.0 Å². The maximum Gasteiger partial charge on any atom is 0.319 e. The van der Waals surface area contributed by atoms with Crippen LogP contribution >= 0.6 is 11.3 Å². The van der Waals surface area contributed by atoms with Crippen molar-refractivity contribution >= 4 is 28.3 Å². The van der Waals surface area contributed by atoms with Gasteiger partial charge in [-0.3, -0.25) is 14.5 Å². The molecule has 0 bridgehead atoms. The smallest absolute Gasteiger partial charge is 0.319 e. The van der Waals surface area contributed by atoms with Crippen LogP contribution in [-0.4, -0.2) is 56.2 Å². The summed E-state index contributed by atoms with van der Waals surface area (Å²) in [5.41, 5.74) is 0.840. The molecule has 0 spiro atoms. The molecule has 0 aliphatic heterocycles. The molecule has 0 unspecified atom stereocenters. The molecular weight excluding hydrogens is 358 g/mol. The molecule has 1 amide bonds. The molecule has 2 aromatic rings. The number of carbonyl (C=O) groups is 2. The van der Waals surface area contributed by atoms with Crippen LogP contribution in [0.3, 0.4) is 0 Å². The average molecular weight is 379 g/mol. The number of nitrogens with one attached hydrogen (secondary N) is 1. The van der Waals surface area contributed by atoms with Gasteiger partial charge >= 0.3 is 5.97 Å². The van der Waals surface area contributed by atoms with Crippen molar-refractivity contribution in [3.8, 4) is 11.5 Å². The molecule has 0 radical (unpaired) electrons. The van der Waals surface area contributed by atoms with Gasteiger partial charge in [-0.1, -0.05) is 0 Å². The molecule has 1 aromatic heterocycles. The molecule has 0 aliphatic carbocycles. The second-order valence-electron chi connectivity index (χ2n) is 5.33. The molecule has 0 atom stereocenters. The van der Waals surface area contributed by atoms with E-state index in [1.165, 1.54) is 18.4 Å². The first-order chi connectivity index (χ1) is 12.5. The van der Waals surface area contributed by atoms with Gasteiger partial charge in [0.2, 0.25) is 5.91 Å². The van der Waals surface area contributed by atoms with Crippen LogP contribution in [0.5, 0.6) is 11.5 Å². The molecule has 8 nitrogen and oxygen atoms in total. The van der Waals surface area contributed by atoms with E-state index < -0.39 is 5.97 Å². The molecule has 1 N–H and O–H groups in total. The Morgan fingerprint density at radius 3 is 2.35 bits per heavy atom. The van der Waals surface area contributed by atoms with Gasteiger partial charge < -0.3 is 19.5 Å². The number of carbonyl (C=O) groups excluding carboxylic acids is 2. The number of ether oxygens (including phenoxy) is 3. The van der Waals surface area contributed by atoms with Crippen LogP contribution in [0.15, 0.2) is 29.8 Å². The Balaban J connectivity index is 2.11. The maximum atomic E-state index is 12.2. The van der Waals surface area contributed by atoms with Gasteiger partial charge in [0.15, 0.2) is 5.13 Å². The summed E-state index contributed by atoms with van der Waals surface area (Å²) in [6.07, 6.45) is 1.61. The van der Waals surface area contributed by atoms with Gasteiger partial charge in [-0.2, -0.15) is 0 Å². The van der Waals surface area contributed by atoms with Gasteiger partial charge in [0, 0.05) is 24.2 Å². The number of benzene rings is 1. The Morgan fingerprint density at radius 2 is 1.81 bits per heavy atom. The number of methoxy groups -OCH3 is 3. The highest BCUT2D eigenvalue weighted by molar-refractivity contribution is 7.13. The largest absolute Gasteiger partial charge is 0.497 e. The van der Waals surface area contributed by atoms with E-state index in [1.54, 1.807) is 36.8 Å². The van der Waals surface area contributed by atoms with Crippen molar-refractivity contribution in [2.24, 2.45) is 0 Å². The summed E-state index contributed by atoms with van der Waals surface area (Å²) < 4.78 is 15.2. The average Bonchev–Trinajstić information content (AvgIpc) is 3.13. The third-order valence-electron chi connectivity index (χ3n) is 3.44. The molecule has 2 rings (SSSR count). The second kappa shape index (κ2) is 9.73. The van der Waals surface area contributed by atoms with Gasteiger partial charge in [0.05, 0.1) is 34.4 Å². The Kier molecular flexibility index (Phi) is 7.37. The lowest BCUT2D eigenvalue weighted by molar-refractivity contribution is -0.142. The summed E-state index contributed by atoms with van der Waals surface area (Å²) in [6.45, 7) is 0.323. The van der Waals surface area contributed by atoms with Gasteiger partial charge in [0.25, 0.3) is 0 Å². The fourth-order valence-electron chi connectivity index (χ4n) is 2.28. The molecule has 1 heterocycles. The number of nitrogens with zero attached hydrogens (tertiary/aromatic N) is 2. The first kappa shape index (κ1) is 19.7. The van der Waals surface area contributed by atoms with Crippen LogP contribution in [0, 0.1) is 0 Å². The van der Waals surface area contributed by atoms with Crippen molar-refractivity contribution in [2.45, 2.75) is 6.54 Å². The first-order valence-electron chi connectivity index (χ1n) is 7.74. The van der Waals surface area contributed by atoms with Gasteiger partial charge in [-0.05, 0) is 17.7 Å². The summed E-state index contributed by atoms with van der Waals surface area (Å²) in [5.74, 6) is 0.565. The Morgan fingerprint density at radius 1 is 1.12 bits per heavy atom. The minimum Gasteiger partial charge on any atom is -0.497 e. The number of hydrogen-bond acceptors (Lipinski definition) is 8.